The van der Waals surface area contributed by atoms with Gasteiger partial charge < -0.3 is 19.7 Å². The average molecular weight is 472 g/mol. The molecular weight excluding hydrogens is 426 g/mol. The maximum Gasteiger partial charge on any atom is 0.165 e. The van der Waals surface area contributed by atoms with Crippen LogP contribution in [-0.4, -0.2) is 58.6 Å². The van der Waals surface area contributed by atoms with Crippen molar-refractivity contribution < 1.29 is 22.4 Å². The van der Waals surface area contributed by atoms with Crippen LogP contribution < -0.4 is 4.74 Å². The van der Waals surface area contributed by atoms with Crippen LogP contribution in [0.15, 0.2) is 12.1 Å². The quantitative estimate of drug-likeness (QED) is 0.681. The molecule has 2 heterocycles. The second-order valence-corrected chi connectivity index (χ2v) is 13.5. The van der Waals surface area contributed by atoms with Crippen LogP contribution >= 0.6 is 0 Å². The van der Waals surface area contributed by atoms with Gasteiger partial charge in [0.25, 0.3) is 0 Å². The van der Waals surface area contributed by atoms with E-state index >= 15 is 0 Å². The highest BCUT2D eigenvalue weighted by Gasteiger charge is 2.82. The van der Waals surface area contributed by atoms with Gasteiger partial charge in [0, 0.05) is 44.7 Å². The second-order valence-electron chi connectivity index (χ2n) is 13.5. The zero-order valence-corrected chi connectivity index (χ0v) is 21.2. The number of phenolic OH excluding ortho intramolecular Hbond substituents is 1. The maximum atomic E-state index is 12.2. The molecule has 1 aromatic carbocycles. The number of aliphatic hydroxyl groups is 1. The van der Waals surface area contributed by atoms with Gasteiger partial charge in [-0.3, -0.25) is 4.90 Å². The lowest BCUT2D eigenvalue weighted by Crippen LogP contribution is -2.83. The van der Waals surface area contributed by atoms with Crippen molar-refractivity contribution in [1.82, 2.24) is 4.90 Å². The smallest absolute Gasteiger partial charge is 0.165 e. The number of benzene rings is 1. The normalized spacial score (nSPS) is 49.1. The lowest BCUT2D eigenvalue weighted by Gasteiger charge is -2.75. The average Bonchev–Trinajstić information content (AvgIpc) is 3.57. The molecule has 0 aromatic heterocycles. The second kappa shape index (κ2) is 6.33. The van der Waals surface area contributed by atoms with E-state index < -0.39 is 35.6 Å². The third-order valence-electron chi connectivity index (χ3n) is 11.4. The fourth-order valence-corrected chi connectivity index (χ4v) is 9.02. The SMILES string of the molecule is [3H]C1C([3H])[C@]23c4c5ccc(O)c4O[C@H]2[C@@]2(OC)CC[C@@]3(C[C@@H]2C(C)(O)C(C)(C)C)[C@@H](C5)N1CC1CC1. The summed E-state index contributed by atoms with van der Waals surface area (Å²) >= 11 is 0. The van der Waals surface area contributed by atoms with E-state index in [1.807, 2.05) is 13.0 Å². The van der Waals surface area contributed by atoms with Crippen molar-refractivity contribution in [2.45, 2.75) is 101 Å². The van der Waals surface area contributed by atoms with Crippen molar-refractivity contribution in [3.05, 3.63) is 23.3 Å². The number of fused-ring (bicyclic) bond motifs is 2. The summed E-state index contributed by atoms with van der Waals surface area (Å²) < 4.78 is 32.5. The van der Waals surface area contributed by atoms with E-state index in [0.29, 0.717) is 11.7 Å². The molecule has 1 saturated heterocycles. The molecule has 2 N–H and O–H groups in total. The Morgan fingerprint density at radius 2 is 2.00 bits per heavy atom. The highest BCUT2D eigenvalue weighted by molar-refractivity contribution is 5.63. The van der Waals surface area contributed by atoms with E-state index in [1.165, 1.54) is 12.8 Å². The molecule has 2 aliphatic heterocycles. The third-order valence-corrected chi connectivity index (χ3v) is 11.4. The van der Waals surface area contributed by atoms with Crippen LogP contribution in [0.25, 0.3) is 0 Å². The van der Waals surface area contributed by atoms with E-state index in [1.54, 1.807) is 13.2 Å². The Morgan fingerprint density at radius 1 is 1.24 bits per heavy atom. The van der Waals surface area contributed by atoms with E-state index in [4.69, 9.17) is 9.47 Å². The number of hydrogen-bond acceptors (Lipinski definition) is 5. The fraction of sp³-hybridized carbons (Fsp3) is 0.793. The molecule has 0 radical (unpaired) electrons. The molecule has 186 valence electrons. The molecule has 8 rings (SSSR count). The molecule has 2 spiro atoms. The van der Waals surface area contributed by atoms with Gasteiger partial charge in [0.15, 0.2) is 11.5 Å². The molecule has 7 aliphatic rings. The molecular formula is C29H41NO4. The Morgan fingerprint density at radius 3 is 2.68 bits per heavy atom. The lowest BCUT2D eigenvalue weighted by molar-refractivity contribution is -0.312. The Bertz CT molecular complexity index is 1130. The van der Waals surface area contributed by atoms with Gasteiger partial charge in [-0.15, -0.1) is 0 Å². The summed E-state index contributed by atoms with van der Waals surface area (Å²) in [5, 5.41) is 23.2. The van der Waals surface area contributed by atoms with Gasteiger partial charge in [-0.2, -0.15) is 0 Å². The van der Waals surface area contributed by atoms with Gasteiger partial charge in [-0.25, -0.2) is 0 Å². The first-order valence-electron chi connectivity index (χ1n) is 14.4. The lowest BCUT2D eigenvalue weighted by atomic mass is 9.33. The molecule has 5 nitrogen and oxygen atoms in total. The number of likely N-dealkylation sites (tertiary alicyclic amines) is 1. The van der Waals surface area contributed by atoms with Crippen LogP contribution in [0.4, 0.5) is 0 Å². The van der Waals surface area contributed by atoms with Crippen LogP contribution in [0, 0.1) is 22.7 Å². The molecule has 1 aromatic rings. The first-order valence-corrected chi connectivity index (χ1v) is 13.3. The molecule has 5 fully saturated rings. The van der Waals surface area contributed by atoms with Crippen LogP contribution in [-0.2, 0) is 16.6 Å². The molecule has 0 amide bonds. The molecule has 4 saturated carbocycles. The molecule has 9 atom stereocenters. The largest absolute Gasteiger partial charge is 0.504 e. The standard InChI is InChI=1S/C29H41NO4/c1-25(2,3)26(4,32)20-15-27-10-11-29(20,33-5)24-28(27)12-13-30(16-17-6-7-17)21(27)14-18-8-9-19(31)23(34-24)22(18)28/h8-9,17,20-21,24,31-32H,6-7,10-16H2,1-5H3/t20-,21-,24-,26?,27-,28+,29-/m1/s1/i12T,13T/t12?,13?,20-,21-,24-,26?,27-,28+,29-. The summed E-state index contributed by atoms with van der Waals surface area (Å²) in [5.74, 6) is 1.05. The van der Waals surface area contributed by atoms with Crippen molar-refractivity contribution in [2.24, 2.45) is 22.7 Å². The number of methoxy groups -OCH3 is 1. The number of piperidine rings is 1. The van der Waals surface area contributed by atoms with E-state index in [9.17, 15) is 13.0 Å². The molecule has 34 heavy (non-hydrogen) atoms. The highest BCUT2D eigenvalue weighted by atomic mass is 16.6. The van der Waals surface area contributed by atoms with Gasteiger partial charge in [-0.1, -0.05) is 26.8 Å². The number of nitrogens with zero attached hydrogens (tertiary/aromatic N) is 1. The molecule has 3 unspecified atom stereocenters. The summed E-state index contributed by atoms with van der Waals surface area (Å²) in [7, 11) is 1.73. The number of ether oxygens (including phenoxy) is 2. The summed E-state index contributed by atoms with van der Waals surface area (Å²) in [4.78, 5) is 2.36. The van der Waals surface area contributed by atoms with E-state index in [-0.39, 0.29) is 28.5 Å². The Balaban J connectivity index is 1.52. The van der Waals surface area contributed by atoms with Crippen molar-refractivity contribution in [3.63, 3.8) is 0 Å². The van der Waals surface area contributed by atoms with Crippen molar-refractivity contribution in [2.75, 3.05) is 20.2 Å². The number of rotatable bonds is 4. The van der Waals surface area contributed by atoms with Gasteiger partial charge >= 0.3 is 0 Å². The van der Waals surface area contributed by atoms with Gasteiger partial charge in [0.1, 0.15) is 11.7 Å². The van der Waals surface area contributed by atoms with Crippen LogP contribution in [0.2, 0.25) is 0 Å². The molecule has 5 aliphatic carbocycles. The minimum atomic E-state index is -1.04. The predicted octanol–water partition coefficient (Wildman–Crippen LogP) is 4.41. The highest BCUT2D eigenvalue weighted by Crippen LogP contribution is 2.78. The van der Waals surface area contributed by atoms with Gasteiger partial charge in [0.2, 0.25) is 0 Å². The Labute approximate surface area is 206 Å². The van der Waals surface area contributed by atoms with E-state index in [2.05, 4.69) is 25.7 Å². The third kappa shape index (κ3) is 2.25. The zero-order valence-electron chi connectivity index (χ0n) is 23.2. The monoisotopic (exact) mass is 471 g/mol. The number of aromatic hydroxyl groups is 1. The maximum absolute atomic E-state index is 12.2. The fourth-order valence-electron chi connectivity index (χ4n) is 9.02. The Kier molecular flexibility index (Phi) is 3.69. The van der Waals surface area contributed by atoms with Crippen LogP contribution in [0.3, 0.4) is 0 Å². The minimum Gasteiger partial charge on any atom is -0.504 e. The number of phenols is 1. The van der Waals surface area contributed by atoms with Crippen LogP contribution in [0.1, 0.15) is 80.1 Å². The number of hydrogen-bond donors (Lipinski definition) is 2. The van der Waals surface area contributed by atoms with E-state index in [0.717, 1.165) is 43.4 Å². The predicted molar refractivity (Wildman–Crippen MR) is 130 cm³/mol. The first kappa shape index (κ1) is 19.8. The summed E-state index contributed by atoms with van der Waals surface area (Å²) in [5.41, 5.74) is -1.15. The first-order chi connectivity index (χ1) is 16.9. The minimum absolute atomic E-state index is 0.115. The van der Waals surface area contributed by atoms with Gasteiger partial charge in [-0.05, 0) is 81.3 Å². The molecule has 5 heteroatoms. The van der Waals surface area contributed by atoms with Crippen molar-refractivity contribution >= 4 is 0 Å². The zero-order chi connectivity index (χ0) is 25.6. The molecule has 4 bridgehead atoms. The summed E-state index contributed by atoms with van der Waals surface area (Å²) in [6, 6.07) is 3.88. The summed E-state index contributed by atoms with van der Waals surface area (Å²) in [6.07, 6.45) is 4.37. The summed E-state index contributed by atoms with van der Waals surface area (Å²) in [6.45, 7) is 8.47. The van der Waals surface area contributed by atoms with Crippen molar-refractivity contribution in [1.29, 1.82) is 0 Å². The van der Waals surface area contributed by atoms with Crippen molar-refractivity contribution in [3.8, 4) is 11.5 Å². The Hall–Kier alpha value is -1.30. The topological polar surface area (TPSA) is 62.2 Å². The van der Waals surface area contributed by atoms with Gasteiger partial charge in [0.05, 0.1) is 5.60 Å². The van der Waals surface area contributed by atoms with Crippen LogP contribution in [0.5, 0.6) is 11.5 Å².